The van der Waals surface area contributed by atoms with E-state index in [0.29, 0.717) is 0 Å². The van der Waals surface area contributed by atoms with Crippen molar-refractivity contribution in [2.75, 3.05) is 0 Å². The molecule has 68 valence electrons. The Hall–Kier alpha value is -1.83. The Morgan fingerprint density at radius 2 is 1.93 bits per heavy atom. The second-order valence-corrected chi connectivity index (χ2v) is 3.57. The van der Waals surface area contributed by atoms with Crippen molar-refractivity contribution < 1.29 is 0 Å². The first-order valence-corrected chi connectivity index (χ1v) is 4.68. The first kappa shape index (κ1) is 7.56. The van der Waals surface area contributed by atoms with Crippen LogP contribution in [-0.4, -0.2) is 10.2 Å². The number of nitrogens with one attached hydrogen (secondary N) is 1. The molecule has 0 saturated heterocycles. The van der Waals surface area contributed by atoms with Gasteiger partial charge in [0.15, 0.2) is 0 Å². The Morgan fingerprint density at radius 3 is 2.79 bits per heavy atom. The molecule has 0 fully saturated rings. The topological polar surface area (TPSA) is 28.7 Å². The molecule has 1 N–H and O–H groups in total. The Bertz CT molecular complexity index is 608. The summed E-state index contributed by atoms with van der Waals surface area (Å²) < 4.78 is 0. The smallest absolute Gasteiger partial charge is 0.0728 e. The van der Waals surface area contributed by atoms with E-state index in [1.807, 2.05) is 6.20 Å². The fourth-order valence-electron chi connectivity index (χ4n) is 1.98. The highest BCUT2D eigenvalue weighted by Crippen LogP contribution is 2.26. The Kier molecular flexibility index (Phi) is 1.39. The molecule has 0 spiro atoms. The zero-order valence-electron chi connectivity index (χ0n) is 7.91. The number of aromatic amines is 1. The van der Waals surface area contributed by atoms with E-state index in [1.165, 1.54) is 21.7 Å². The highest BCUT2D eigenvalue weighted by Gasteiger charge is 2.03. The maximum atomic E-state index is 4.07. The molecule has 2 heteroatoms. The van der Waals surface area contributed by atoms with Crippen molar-refractivity contribution in [2.45, 2.75) is 6.92 Å². The van der Waals surface area contributed by atoms with Crippen LogP contribution in [-0.2, 0) is 0 Å². The van der Waals surface area contributed by atoms with Crippen molar-refractivity contribution >= 4 is 21.7 Å². The summed E-state index contributed by atoms with van der Waals surface area (Å²) in [6, 6.07) is 10.6. The molecular weight excluding hydrogens is 172 g/mol. The van der Waals surface area contributed by atoms with Gasteiger partial charge < -0.3 is 0 Å². The fourth-order valence-corrected chi connectivity index (χ4v) is 1.98. The number of benzene rings is 2. The predicted octanol–water partition coefficient (Wildman–Crippen LogP) is 3.02. The van der Waals surface area contributed by atoms with Crippen LogP contribution in [0.4, 0.5) is 0 Å². The summed E-state index contributed by atoms with van der Waals surface area (Å²) >= 11 is 0. The lowest BCUT2D eigenvalue weighted by Crippen LogP contribution is -1.79. The highest BCUT2D eigenvalue weighted by atomic mass is 15.1. The molecule has 0 atom stereocenters. The van der Waals surface area contributed by atoms with Crippen LogP contribution in [0.5, 0.6) is 0 Å². The third-order valence-electron chi connectivity index (χ3n) is 2.66. The van der Waals surface area contributed by atoms with E-state index < -0.39 is 0 Å². The van der Waals surface area contributed by atoms with Gasteiger partial charge in [-0.3, -0.25) is 5.10 Å². The number of hydrogen-bond donors (Lipinski definition) is 1. The molecule has 0 amide bonds. The average molecular weight is 182 g/mol. The summed E-state index contributed by atoms with van der Waals surface area (Å²) in [5.41, 5.74) is 2.43. The summed E-state index contributed by atoms with van der Waals surface area (Å²) in [6.45, 7) is 2.13. The standard InChI is InChI=1S/C12H10N2/c1-8-6-9-7-13-14-12(9)11-5-3-2-4-10(8)11/h2-7H,1H3,(H,13,14). The minimum atomic E-state index is 1.13. The second-order valence-electron chi connectivity index (χ2n) is 3.57. The van der Waals surface area contributed by atoms with E-state index in [0.717, 1.165) is 5.52 Å². The molecule has 3 rings (SSSR count). The van der Waals surface area contributed by atoms with E-state index >= 15 is 0 Å². The molecule has 1 heterocycles. The van der Waals surface area contributed by atoms with Crippen LogP contribution in [0.25, 0.3) is 21.7 Å². The summed E-state index contributed by atoms with van der Waals surface area (Å²) in [7, 11) is 0. The van der Waals surface area contributed by atoms with Crippen LogP contribution < -0.4 is 0 Å². The van der Waals surface area contributed by atoms with Gasteiger partial charge in [-0.25, -0.2) is 0 Å². The third-order valence-corrected chi connectivity index (χ3v) is 2.66. The predicted molar refractivity (Wildman–Crippen MR) is 58.3 cm³/mol. The summed E-state index contributed by atoms with van der Waals surface area (Å²) in [4.78, 5) is 0. The van der Waals surface area contributed by atoms with E-state index in [1.54, 1.807) is 0 Å². The summed E-state index contributed by atoms with van der Waals surface area (Å²) in [5.74, 6) is 0. The molecule has 2 aromatic carbocycles. The van der Waals surface area contributed by atoms with Gasteiger partial charge in [0.1, 0.15) is 0 Å². The van der Waals surface area contributed by atoms with E-state index in [2.05, 4.69) is 47.5 Å². The summed E-state index contributed by atoms with van der Waals surface area (Å²) in [6.07, 6.45) is 1.87. The zero-order chi connectivity index (χ0) is 9.54. The second kappa shape index (κ2) is 2.58. The van der Waals surface area contributed by atoms with Crippen LogP contribution in [0.15, 0.2) is 36.5 Å². The first-order chi connectivity index (χ1) is 6.86. The minimum absolute atomic E-state index is 1.13. The maximum absolute atomic E-state index is 4.07. The van der Waals surface area contributed by atoms with Crippen molar-refractivity contribution in [3.8, 4) is 0 Å². The van der Waals surface area contributed by atoms with Gasteiger partial charge in [-0.05, 0) is 23.9 Å². The van der Waals surface area contributed by atoms with Crippen molar-refractivity contribution in [1.82, 2.24) is 10.2 Å². The quantitative estimate of drug-likeness (QED) is 0.568. The van der Waals surface area contributed by atoms with Crippen molar-refractivity contribution in [2.24, 2.45) is 0 Å². The molecule has 3 aromatic rings. The van der Waals surface area contributed by atoms with Gasteiger partial charge in [-0.2, -0.15) is 5.10 Å². The van der Waals surface area contributed by atoms with Crippen LogP contribution in [0.1, 0.15) is 5.56 Å². The van der Waals surface area contributed by atoms with Crippen molar-refractivity contribution in [1.29, 1.82) is 0 Å². The molecule has 0 unspecified atom stereocenters. The number of H-pyrrole nitrogens is 1. The van der Waals surface area contributed by atoms with Crippen LogP contribution in [0, 0.1) is 6.92 Å². The number of nitrogens with zero attached hydrogens (tertiary/aromatic N) is 1. The van der Waals surface area contributed by atoms with Gasteiger partial charge in [-0.1, -0.05) is 24.3 Å². The first-order valence-electron chi connectivity index (χ1n) is 4.68. The van der Waals surface area contributed by atoms with E-state index in [9.17, 15) is 0 Å². The number of rotatable bonds is 0. The number of hydrogen-bond acceptors (Lipinski definition) is 1. The maximum Gasteiger partial charge on any atom is 0.0728 e. The monoisotopic (exact) mass is 182 g/mol. The van der Waals surface area contributed by atoms with Gasteiger partial charge in [0.2, 0.25) is 0 Å². The van der Waals surface area contributed by atoms with Crippen LogP contribution in [0.3, 0.4) is 0 Å². The number of aryl methyl sites for hydroxylation is 1. The Morgan fingerprint density at radius 1 is 1.14 bits per heavy atom. The fraction of sp³-hybridized carbons (Fsp3) is 0.0833. The van der Waals surface area contributed by atoms with Gasteiger partial charge in [0.05, 0.1) is 11.7 Å². The lowest BCUT2D eigenvalue weighted by molar-refractivity contribution is 1.12. The SMILES string of the molecule is Cc1cc2cn[nH]c2c2ccccc12. The van der Waals surface area contributed by atoms with Crippen molar-refractivity contribution in [3.05, 3.63) is 42.1 Å². The van der Waals surface area contributed by atoms with Gasteiger partial charge in [0.25, 0.3) is 0 Å². The molecule has 0 radical (unpaired) electrons. The van der Waals surface area contributed by atoms with E-state index in [-0.39, 0.29) is 0 Å². The van der Waals surface area contributed by atoms with Crippen molar-refractivity contribution in [3.63, 3.8) is 0 Å². The third kappa shape index (κ3) is 0.880. The van der Waals surface area contributed by atoms with Gasteiger partial charge in [0, 0.05) is 10.8 Å². The Labute approximate surface area is 81.6 Å². The molecule has 0 bridgehead atoms. The van der Waals surface area contributed by atoms with Gasteiger partial charge >= 0.3 is 0 Å². The lowest BCUT2D eigenvalue weighted by atomic mass is 10.0. The molecule has 0 saturated carbocycles. The molecule has 2 nitrogen and oxygen atoms in total. The van der Waals surface area contributed by atoms with Crippen LogP contribution >= 0.6 is 0 Å². The summed E-state index contributed by atoms with van der Waals surface area (Å²) in [5, 5.41) is 10.8. The molecule has 0 aliphatic rings. The normalized spacial score (nSPS) is 11.2. The molecule has 1 aromatic heterocycles. The zero-order valence-corrected chi connectivity index (χ0v) is 7.91. The molecule has 0 aliphatic carbocycles. The van der Waals surface area contributed by atoms with Crippen LogP contribution in [0.2, 0.25) is 0 Å². The number of fused-ring (bicyclic) bond motifs is 3. The highest BCUT2D eigenvalue weighted by molar-refractivity contribution is 6.06. The average Bonchev–Trinajstić information content (AvgIpc) is 2.66. The molecule has 14 heavy (non-hydrogen) atoms. The van der Waals surface area contributed by atoms with E-state index in [4.69, 9.17) is 0 Å². The largest absolute Gasteiger partial charge is 0.277 e. The lowest BCUT2D eigenvalue weighted by Gasteiger charge is -2.02. The number of aromatic nitrogens is 2. The Balaban J connectivity index is 2.67. The van der Waals surface area contributed by atoms with Gasteiger partial charge in [-0.15, -0.1) is 0 Å². The molecule has 0 aliphatic heterocycles. The minimum Gasteiger partial charge on any atom is -0.277 e. The molecular formula is C12H10N2.